The maximum Gasteiger partial charge on any atom is 0.123 e. The lowest BCUT2D eigenvalue weighted by Crippen LogP contribution is -2.11. The van der Waals surface area contributed by atoms with E-state index in [0.29, 0.717) is 24.3 Å². The first kappa shape index (κ1) is 12.0. The zero-order valence-electron chi connectivity index (χ0n) is 8.16. The van der Waals surface area contributed by atoms with Crippen molar-refractivity contribution in [2.45, 2.75) is 6.42 Å². The fourth-order valence-corrected chi connectivity index (χ4v) is 1.63. The molecule has 0 aliphatic carbocycles. The van der Waals surface area contributed by atoms with Crippen molar-refractivity contribution in [3.63, 3.8) is 0 Å². The van der Waals surface area contributed by atoms with Crippen LogP contribution in [0, 0.1) is 5.41 Å². The van der Waals surface area contributed by atoms with Crippen LogP contribution in [-0.4, -0.2) is 24.2 Å². The molecule has 0 saturated carbocycles. The molecular formula is C10H13BrN2O2. The Morgan fingerprint density at radius 3 is 2.80 bits per heavy atom. The van der Waals surface area contributed by atoms with Gasteiger partial charge in [0.1, 0.15) is 11.6 Å². The maximum absolute atomic E-state index is 8.58. The number of nitrogens with two attached hydrogens (primary N) is 1. The van der Waals surface area contributed by atoms with Crippen LogP contribution >= 0.6 is 15.9 Å². The highest BCUT2D eigenvalue weighted by Crippen LogP contribution is 2.22. The summed E-state index contributed by atoms with van der Waals surface area (Å²) in [6.45, 7) is 0.592. The standard InChI is InChI=1S/C10H13BrN2O2/c11-9-6-7(15-5-1-4-14)2-3-8(9)10(12)13/h2-3,6,14H,1,4-5H2,(H3,12,13). The molecule has 0 spiro atoms. The molecular weight excluding hydrogens is 260 g/mol. The quantitative estimate of drug-likeness (QED) is 0.432. The van der Waals surface area contributed by atoms with Gasteiger partial charge in [0.2, 0.25) is 0 Å². The topological polar surface area (TPSA) is 79.3 Å². The zero-order valence-corrected chi connectivity index (χ0v) is 9.75. The Kier molecular flexibility index (Phi) is 4.58. The van der Waals surface area contributed by atoms with E-state index in [1.165, 1.54) is 0 Å². The summed E-state index contributed by atoms with van der Waals surface area (Å²) in [4.78, 5) is 0. The van der Waals surface area contributed by atoms with Gasteiger partial charge in [-0.15, -0.1) is 0 Å². The maximum atomic E-state index is 8.58. The summed E-state index contributed by atoms with van der Waals surface area (Å²) >= 11 is 3.31. The molecule has 0 atom stereocenters. The summed E-state index contributed by atoms with van der Waals surface area (Å²) in [6, 6.07) is 5.23. The minimum atomic E-state index is 0.0174. The second kappa shape index (κ2) is 5.72. The Balaban J connectivity index is 2.69. The summed E-state index contributed by atoms with van der Waals surface area (Å²) in [6.07, 6.45) is 0.603. The molecule has 0 bridgehead atoms. The van der Waals surface area contributed by atoms with Gasteiger partial charge >= 0.3 is 0 Å². The van der Waals surface area contributed by atoms with E-state index in [1.54, 1.807) is 18.2 Å². The van der Waals surface area contributed by atoms with E-state index in [-0.39, 0.29) is 12.4 Å². The molecule has 15 heavy (non-hydrogen) atoms. The number of halogens is 1. The molecule has 0 heterocycles. The number of rotatable bonds is 5. The van der Waals surface area contributed by atoms with Crippen LogP contribution in [0.3, 0.4) is 0 Å². The van der Waals surface area contributed by atoms with Gasteiger partial charge < -0.3 is 15.6 Å². The Hall–Kier alpha value is -1.07. The number of aliphatic hydroxyl groups is 1. The van der Waals surface area contributed by atoms with Crippen molar-refractivity contribution < 1.29 is 9.84 Å². The average Bonchev–Trinajstić information content (AvgIpc) is 2.17. The second-order valence-corrected chi connectivity index (χ2v) is 3.84. The van der Waals surface area contributed by atoms with Crippen LogP contribution < -0.4 is 10.5 Å². The molecule has 0 aliphatic heterocycles. The molecule has 0 saturated heterocycles. The molecule has 0 aliphatic rings. The van der Waals surface area contributed by atoms with Crippen molar-refractivity contribution in [1.82, 2.24) is 0 Å². The van der Waals surface area contributed by atoms with E-state index in [4.69, 9.17) is 21.0 Å². The number of ether oxygens (including phenoxy) is 1. The summed E-state index contributed by atoms with van der Waals surface area (Å²) in [5.41, 5.74) is 6.01. The van der Waals surface area contributed by atoms with Gasteiger partial charge in [0.25, 0.3) is 0 Å². The van der Waals surface area contributed by atoms with Crippen LogP contribution in [0.15, 0.2) is 22.7 Å². The first-order valence-electron chi connectivity index (χ1n) is 4.52. The molecule has 1 aromatic rings. The van der Waals surface area contributed by atoms with Gasteiger partial charge in [0.05, 0.1) is 6.61 Å². The normalized spacial score (nSPS) is 10.0. The smallest absolute Gasteiger partial charge is 0.123 e. The van der Waals surface area contributed by atoms with E-state index in [9.17, 15) is 0 Å². The number of amidine groups is 1. The Morgan fingerprint density at radius 2 is 2.27 bits per heavy atom. The largest absolute Gasteiger partial charge is 0.493 e. The lowest BCUT2D eigenvalue weighted by atomic mass is 10.2. The van der Waals surface area contributed by atoms with E-state index < -0.39 is 0 Å². The Bertz CT molecular complexity index is 355. The molecule has 5 heteroatoms. The fraction of sp³-hybridized carbons (Fsp3) is 0.300. The molecule has 0 aromatic heterocycles. The van der Waals surface area contributed by atoms with Crippen LogP contribution in [0.5, 0.6) is 5.75 Å². The molecule has 4 N–H and O–H groups in total. The van der Waals surface area contributed by atoms with E-state index in [1.807, 2.05) is 0 Å². The van der Waals surface area contributed by atoms with Crippen LogP contribution in [0.2, 0.25) is 0 Å². The molecule has 0 amide bonds. The lowest BCUT2D eigenvalue weighted by Gasteiger charge is -2.07. The van der Waals surface area contributed by atoms with Crippen molar-refractivity contribution >= 4 is 21.8 Å². The molecule has 1 aromatic carbocycles. The van der Waals surface area contributed by atoms with Crippen molar-refractivity contribution in [1.29, 1.82) is 5.41 Å². The predicted octanol–water partition coefficient (Wildman–Crippen LogP) is 1.49. The highest BCUT2D eigenvalue weighted by molar-refractivity contribution is 9.10. The van der Waals surface area contributed by atoms with E-state index in [2.05, 4.69) is 15.9 Å². The summed E-state index contributed by atoms with van der Waals surface area (Å²) in [5, 5.41) is 15.9. The summed E-state index contributed by atoms with van der Waals surface area (Å²) < 4.78 is 6.09. The number of nitrogen functional groups attached to an aromatic ring is 1. The first-order chi connectivity index (χ1) is 7.15. The number of nitrogens with one attached hydrogen (secondary N) is 1. The first-order valence-corrected chi connectivity index (χ1v) is 5.32. The highest BCUT2D eigenvalue weighted by atomic mass is 79.9. The molecule has 0 fully saturated rings. The van der Waals surface area contributed by atoms with Crippen LogP contribution in [0.25, 0.3) is 0 Å². The molecule has 0 unspecified atom stereocenters. The zero-order chi connectivity index (χ0) is 11.3. The summed E-state index contributed by atoms with van der Waals surface area (Å²) in [7, 11) is 0. The van der Waals surface area contributed by atoms with Crippen LogP contribution in [-0.2, 0) is 0 Å². The van der Waals surface area contributed by atoms with Crippen molar-refractivity contribution in [2.75, 3.05) is 13.2 Å². The third kappa shape index (κ3) is 3.53. The summed E-state index contributed by atoms with van der Waals surface area (Å²) in [5.74, 6) is 0.712. The monoisotopic (exact) mass is 272 g/mol. The minimum absolute atomic E-state index is 0.0174. The van der Waals surface area contributed by atoms with Gasteiger partial charge in [-0.3, -0.25) is 5.41 Å². The molecule has 82 valence electrons. The minimum Gasteiger partial charge on any atom is -0.493 e. The lowest BCUT2D eigenvalue weighted by molar-refractivity contribution is 0.233. The number of hydrogen-bond donors (Lipinski definition) is 3. The predicted molar refractivity (Wildman–Crippen MR) is 62.4 cm³/mol. The molecule has 1 rings (SSSR count). The van der Waals surface area contributed by atoms with Crippen molar-refractivity contribution in [3.8, 4) is 5.75 Å². The van der Waals surface area contributed by atoms with Crippen LogP contribution in [0.1, 0.15) is 12.0 Å². The van der Waals surface area contributed by atoms with Gasteiger partial charge in [-0.05, 0) is 34.1 Å². The van der Waals surface area contributed by atoms with Crippen LogP contribution in [0.4, 0.5) is 0 Å². The van der Waals surface area contributed by atoms with Crippen molar-refractivity contribution in [2.24, 2.45) is 5.73 Å². The van der Waals surface area contributed by atoms with Gasteiger partial charge in [-0.1, -0.05) is 0 Å². The van der Waals surface area contributed by atoms with Crippen molar-refractivity contribution in [3.05, 3.63) is 28.2 Å². The number of hydrogen-bond acceptors (Lipinski definition) is 3. The van der Waals surface area contributed by atoms with Gasteiger partial charge in [-0.25, -0.2) is 0 Å². The third-order valence-corrected chi connectivity index (χ3v) is 2.46. The Morgan fingerprint density at radius 1 is 1.53 bits per heavy atom. The Labute approximate surface area is 96.7 Å². The van der Waals surface area contributed by atoms with Gasteiger partial charge in [0, 0.05) is 23.1 Å². The number of benzene rings is 1. The number of aliphatic hydroxyl groups excluding tert-OH is 1. The highest BCUT2D eigenvalue weighted by Gasteiger charge is 2.04. The second-order valence-electron chi connectivity index (χ2n) is 2.98. The molecule has 0 radical (unpaired) electrons. The van der Waals surface area contributed by atoms with E-state index >= 15 is 0 Å². The SMILES string of the molecule is N=C(N)c1ccc(OCCCO)cc1Br. The average molecular weight is 273 g/mol. The van der Waals surface area contributed by atoms with E-state index in [0.717, 1.165) is 4.47 Å². The van der Waals surface area contributed by atoms with Gasteiger partial charge in [-0.2, -0.15) is 0 Å². The molecule has 4 nitrogen and oxygen atoms in total. The fourth-order valence-electron chi connectivity index (χ4n) is 1.06. The van der Waals surface area contributed by atoms with Gasteiger partial charge in [0.15, 0.2) is 0 Å². The third-order valence-electron chi connectivity index (χ3n) is 1.80.